The molecule has 5 atom stereocenters. The standard InChI is InChI=1S/C14H18Cl3NO6S2/c1-5(2)25-12-8(11(20)21)18-9(19)7(10(18)26-12)6(24-13(22)23)3-4-14(15,16)17/h5-8,10,12H,3-4H2,1-2H3,(H,20,21)(H,22,23)/t6?,7-,8-,10-,12-/m1/s1. The molecule has 1 unspecified atom stereocenters. The topological polar surface area (TPSA) is 104 Å². The first-order chi connectivity index (χ1) is 11.9. The number of rotatable bonds is 7. The summed E-state index contributed by atoms with van der Waals surface area (Å²) in [6, 6.07) is -0.959. The Morgan fingerprint density at radius 3 is 2.42 bits per heavy atom. The number of hydrogen-bond donors (Lipinski definition) is 2. The third kappa shape index (κ3) is 4.98. The fraction of sp³-hybridized carbons (Fsp3) is 0.786. The minimum atomic E-state index is -1.60. The number of nitrogens with zero attached hydrogens (tertiary/aromatic N) is 1. The van der Waals surface area contributed by atoms with Gasteiger partial charge in [-0.3, -0.25) is 4.79 Å². The van der Waals surface area contributed by atoms with Crippen molar-refractivity contribution in [2.45, 2.75) is 57.8 Å². The second kappa shape index (κ2) is 8.43. The van der Waals surface area contributed by atoms with E-state index in [0.29, 0.717) is 0 Å². The van der Waals surface area contributed by atoms with Crippen LogP contribution >= 0.6 is 58.3 Å². The van der Waals surface area contributed by atoms with Crippen LogP contribution in [0.25, 0.3) is 0 Å². The highest BCUT2D eigenvalue weighted by molar-refractivity contribution is 8.17. The Morgan fingerprint density at radius 2 is 1.96 bits per heavy atom. The quantitative estimate of drug-likeness (QED) is 0.333. The van der Waals surface area contributed by atoms with Gasteiger partial charge in [-0.2, -0.15) is 0 Å². The van der Waals surface area contributed by atoms with Crippen LogP contribution in [0.15, 0.2) is 0 Å². The molecule has 2 fully saturated rings. The van der Waals surface area contributed by atoms with Crippen LogP contribution in [0.1, 0.15) is 26.7 Å². The third-order valence-electron chi connectivity index (χ3n) is 3.98. The number of alkyl halides is 3. The molecule has 12 heteroatoms. The van der Waals surface area contributed by atoms with E-state index in [1.54, 1.807) is 0 Å². The fourth-order valence-electron chi connectivity index (χ4n) is 3.00. The zero-order valence-electron chi connectivity index (χ0n) is 13.8. The van der Waals surface area contributed by atoms with Gasteiger partial charge in [-0.15, -0.1) is 23.5 Å². The van der Waals surface area contributed by atoms with E-state index in [-0.39, 0.29) is 22.7 Å². The molecule has 0 radical (unpaired) electrons. The van der Waals surface area contributed by atoms with E-state index in [4.69, 9.17) is 44.6 Å². The molecule has 0 spiro atoms. The first-order valence-corrected chi connectivity index (χ1v) is 10.8. The molecule has 1 amide bonds. The van der Waals surface area contributed by atoms with E-state index >= 15 is 0 Å². The molecule has 2 N–H and O–H groups in total. The molecule has 0 aromatic heterocycles. The summed E-state index contributed by atoms with van der Waals surface area (Å²) >= 11 is 20.0. The predicted molar refractivity (Wildman–Crippen MR) is 102 cm³/mol. The summed E-state index contributed by atoms with van der Waals surface area (Å²) in [5.74, 6) is -2.32. The Kier molecular flexibility index (Phi) is 7.15. The van der Waals surface area contributed by atoms with Gasteiger partial charge in [0.1, 0.15) is 12.0 Å². The highest BCUT2D eigenvalue weighted by Crippen LogP contribution is 2.53. The lowest BCUT2D eigenvalue weighted by atomic mass is 9.88. The van der Waals surface area contributed by atoms with Crippen molar-refractivity contribution in [3.8, 4) is 0 Å². The van der Waals surface area contributed by atoms with E-state index in [1.807, 2.05) is 13.8 Å². The van der Waals surface area contributed by atoms with Gasteiger partial charge in [0.2, 0.25) is 5.91 Å². The van der Waals surface area contributed by atoms with Gasteiger partial charge in [0.25, 0.3) is 0 Å². The Bertz CT molecular complexity index is 588. The number of β-lactam (4-membered cyclic amide) rings is 1. The molecule has 2 rings (SSSR count). The molecule has 2 heterocycles. The Balaban J connectivity index is 2.18. The summed E-state index contributed by atoms with van der Waals surface area (Å²) in [6.07, 6.45) is -2.48. The zero-order valence-corrected chi connectivity index (χ0v) is 17.7. The number of halogens is 3. The van der Waals surface area contributed by atoms with Gasteiger partial charge in [-0.1, -0.05) is 48.7 Å². The number of thioether (sulfide) groups is 2. The maximum Gasteiger partial charge on any atom is 0.506 e. The van der Waals surface area contributed by atoms with Gasteiger partial charge in [-0.25, -0.2) is 9.59 Å². The van der Waals surface area contributed by atoms with Gasteiger partial charge in [0, 0.05) is 5.25 Å². The predicted octanol–water partition coefficient (Wildman–Crippen LogP) is 3.65. The van der Waals surface area contributed by atoms with E-state index in [1.165, 1.54) is 28.4 Å². The lowest BCUT2D eigenvalue weighted by Crippen LogP contribution is -2.65. The average Bonchev–Trinajstić information content (AvgIpc) is 2.77. The van der Waals surface area contributed by atoms with Crippen LogP contribution in [-0.4, -0.2) is 64.3 Å². The number of aliphatic carboxylic acids is 1. The van der Waals surface area contributed by atoms with Crippen molar-refractivity contribution in [2.75, 3.05) is 0 Å². The fourth-order valence-corrected chi connectivity index (χ4v) is 7.02. The Morgan fingerprint density at radius 1 is 1.35 bits per heavy atom. The highest BCUT2D eigenvalue weighted by atomic mass is 35.6. The van der Waals surface area contributed by atoms with Gasteiger partial charge < -0.3 is 19.8 Å². The van der Waals surface area contributed by atoms with Gasteiger partial charge >= 0.3 is 12.1 Å². The lowest BCUT2D eigenvalue weighted by molar-refractivity contribution is -0.168. The van der Waals surface area contributed by atoms with E-state index in [2.05, 4.69) is 0 Å². The average molecular weight is 467 g/mol. The maximum absolute atomic E-state index is 12.6. The normalized spacial score (nSPS) is 29.3. The van der Waals surface area contributed by atoms with Crippen LogP contribution in [0.5, 0.6) is 0 Å². The minimum Gasteiger partial charge on any atom is -0.480 e. The Hall–Kier alpha value is -0.220. The smallest absolute Gasteiger partial charge is 0.480 e. The number of hydrogen-bond acceptors (Lipinski definition) is 6. The number of carbonyl (C=O) groups is 3. The second-order valence-corrected chi connectivity index (χ2v) is 12.0. The number of fused-ring (bicyclic) bond motifs is 1. The molecular formula is C14H18Cl3NO6S2. The number of ether oxygens (including phenoxy) is 1. The molecule has 2 aliphatic rings. The largest absolute Gasteiger partial charge is 0.506 e. The zero-order chi connectivity index (χ0) is 19.8. The highest BCUT2D eigenvalue weighted by Gasteiger charge is 2.63. The maximum atomic E-state index is 12.6. The van der Waals surface area contributed by atoms with Gasteiger partial charge in [-0.05, 0) is 12.8 Å². The van der Waals surface area contributed by atoms with Crippen molar-refractivity contribution < 1.29 is 29.3 Å². The molecule has 0 bridgehead atoms. The van der Waals surface area contributed by atoms with Crippen molar-refractivity contribution in [3.63, 3.8) is 0 Å². The summed E-state index contributed by atoms with van der Waals surface area (Å²) in [4.78, 5) is 36.6. The summed E-state index contributed by atoms with van der Waals surface area (Å²) in [5, 5.41) is 18.2. The second-order valence-electron chi connectivity index (χ2n) is 6.21. The van der Waals surface area contributed by atoms with E-state index < -0.39 is 45.3 Å². The number of carboxylic acids is 1. The van der Waals surface area contributed by atoms with Crippen LogP contribution < -0.4 is 0 Å². The summed E-state index contributed by atoms with van der Waals surface area (Å²) in [5.41, 5.74) is 0. The minimum absolute atomic E-state index is 0.00329. The van der Waals surface area contributed by atoms with Crippen LogP contribution in [0.4, 0.5) is 4.79 Å². The van der Waals surface area contributed by atoms with Crippen LogP contribution in [0, 0.1) is 5.92 Å². The molecule has 0 aromatic rings. The molecule has 0 saturated carbocycles. The van der Waals surface area contributed by atoms with Crippen molar-refractivity contribution in [1.82, 2.24) is 4.90 Å². The molecule has 26 heavy (non-hydrogen) atoms. The van der Waals surface area contributed by atoms with Crippen molar-refractivity contribution >= 4 is 76.4 Å². The van der Waals surface area contributed by atoms with Crippen LogP contribution in [-0.2, 0) is 14.3 Å². The first kappa shape index (κ1) is 22.1. The molecule has 148 valence electrons. The molecular weight excluding hydrogens is 449 g/mol. The number of amides is 1. The van der Waals surface area contributed by atoms with Crippen molar-refractivity contribution in [2.24, 2.45) is 5.92 Å². The SMILES string of the molecule is CC(C)S[C@@H]1S[C@@H]2[C@H](C(CCC(Cl)(Cl)Cl)OC(=O)O)C(=O)N2[C@@H]1C(=O)O. The van der Waals surface area contributed by atoms with Gasteiger partial charge in [0.05, 0.1) is 9.96 Å². The van der Waals surface area contributed by atoms with E-state index in [0.717, 1.165) is 0 Å². The Labute approximate surface area is 174 Å². The number of carboxylic acid groups (broad SMARTS) is 2. The van der Waals surface area contributed by atoms with E-state index in [9.17, 15) is 19.5 Å². The molecule has 2 aliphatic heterocycles. The lowest BCUT2D eigenvalue weighted by Gasteiger charge is -2.46. The van der Waals surface area contributed by atoms with Crippen LogP contribution in [0.3, 0.4) is 0 Å². The summed E-state index contributed by atoms with van der Waals surface area (Å²) in [6.45, 7) is 3.88. The molecule has 2 saturated heterocycles. The molecule has 0 aromatic carbocycles. The number of carbonyl (C=O) groups excluding carboxylic acids is 1. The van der Waals surface area contributed by atoms with Crippen molar-refractivity contribution in [1.29, 1.82) is 0 Å². The summed E-state index contributed by atoms with van der Waals surface area (Å²) in [7, 11) is 0. The van der Waals surface area contributed by atoms with Crippen molar-refractivity contribution in [3.05, 3.63) is 0 Å². The monoisotopic (exact) mass is 465 g/mol. The molecule has 0 aliphatic carbocycles. The third-order valence-corrected chi connectivity index (χ3v) is 7.61. The van der Waals surface area contributed by atoms with Crippen LogP contribution in [0.2, 0.25) is 0 Å². The van der Waals surface area contributed by atoms with Gasteiger partial charge in [0.15, 0.2) is 9.83 Å². The summed E-state index contributed by atoms with van der Waals surface area (Å²) < 4.78 is 2.92. The molecule has 7 nitrogen and oxygen atoms in total. The first-order valence-electron chi connectivity index (χ1n) is 7.74.